The molecule has 0 bridgehead atoms. The molecule has 1 aromatic heterocycles. The number of rotatable bonds is 1. The van der Waals surface area contributed by atoms with Crippen LogP contribution in [0, 0.1) is 6.92 Å². The van der Waals surface area contributed by atoms with Crippen molar-refractivity contribution < 1.29 is 0 Å². The Hall–Kier alpha value is -1.24. The number of hydrogen-bond acceptors (Lipinski definition) is 0. The number of benzene rings is 1. The molecule has 0 spiro atoms. The summed E-state index contributed by atoms with van der Waals surface area (Å²) in [5.41, 5.74) is 4.02. The molecule has 0 radical (unpaired) electrons. The maximum Gasteiger partial charge on any atom is 0.0486 e. The van der Waals surface area contributed by atoms with Gasteiger partial charge in [-0.1, -0.05) is 32.0 Å². The van der Waals surface area contributed by atoms with Crippen molar-refractivity contribution in [2.24, 2.45) is 0 Å². The smallest absolute Gasteiger partial charge is 0.0486 e. The van der Waals surface area contributed by atoms with E-state index >= 15 is 0 Å². The largest absolute Gasteiger partial charge is 0.361 e. The van der Waals surface area contributed by atoms with Gasteiger partial charge in [0.1, 0.15) is 0 Å². The molecule has 1 heteroatoms. The van der Waals surface area contributed by atoms with Crippen LogP contribution >= 0.6 is 0 Å². The lowest BCUT2D eigenvalue weighted by molar-refractivity contribution is 0.875. The van der Waals surface area contributed by atoms with Crippen LogP contribution in [0.2, 0.25) is 0 Å². The zero-order valence-electron chi connectivity index (χ0n) is 8.39. The molecular weight excluding hydrogens is 158 g/mol. The lowest BCUT2D eigenvalue weighted by Crippen LogP contribution is -1.83. The number of fused-ring (bicyclic) bond motifs is 1. The summed E-state index contributed by atoms with van der Waals surface area (Å²) in [5.74, 6) is 0.593. The lowest BCUT2D eigenvalue weighted by Gasteiger charge is -2.02. The average Bonchev–Trinajstić information content (AvgIpc) is 2.48. The molecule has 0 atom stereocenters. The summed E-state index contributed by atoms with van der Waals surface area (Å²) in [7, 11) is 0. The number of para-hydroxylation sites is 1. The van der Waals surface area contributed by atoms with Gasteiger partial charge in [-0.3, -0.25) is 0 Å². The van der Waals surface area contributed by atoms with Crippen LogP contribution in [0.4, 0.5) is 0 Å². The maximum absolute atomic E-state index is 3.34. The third-order valence-corrected chi connectivity index (χ3v) is 2.58. The number of hydrogen-bond donors (Lipinski definition) is 1. The first-order chi connectivity index (χ1) is 6.20. The molecule has 0 unspecified atom stereocenters. The van der Waals surface area contributed by atoms with Crippen LogP contribution in [0.5, 0.6) is 0 Å². The fraction of sp³-hybridized carbons (Fsp3) is 0.333. The standard InChI is InChI=1S/C12H15N/c1-8(2)11-7-13-12-9(3)5-4-6-10(11)12/h4-8,13H,1-3H3. The van der Waals surface area contributed by atoms with Crippen LogP contribution in [0.3, 0.4) is 0 Å². The number of H-pyrrole nitrogens is 1. The highest BCUT2D eigenvalue weighted by molar-refractivity contribution is 5.86. The number of aryl methyl sites for hydroxylation is 1. The Labute approximate surface area is 78.8 Å². The molecule has 1 nitrogen and oxygen atoms in total. The Kier molecular flexibility index (Phi) is 1.87. The first-order valence-corrected chi connectivity index (χ1v) is 4.76. The Balaban J connectivity index is 2.75. The van der Waals surface area contributed by atoms with Crippen LogP contribution in [-0.2, 0) is 0 Å². The summed E-state index contributed by atoms with van der Waals surface area (Å²) in [4.78, 5) is 3.34. The minimum absolute atomic E-state index is 0.593. The first kappa shape index (κ1) is 8.36. The fourth-order valence-corrected chi connectivity index (χ4v) is 1.81. The minimum Gasteiger partial charge on any atom is -0.361 e. The molecule has 1 N–H and O–H groups in total. The highest BCUT2D eigenvalue weighted by Crippen LogP contribution is 2.26. The number of aromatic amines is 1. The van der Waals surface area contributed by atoms with Gasteiger partial charge in [0.25, 0.3) is 0 Å². The molecule has 2 rings (SSSR count). The fourth-order valence-electron chi connectivity index (χ4n) is 1.81. The second-order valence-corrected chi connectivity index (χ2v) is 3.90. The molecule has 68 valence electrons. The van der Waals surface area contributed by atoms with E-state index in [1.807, 2.05) is 0 Å². The summed E-state index contributed by atoms with van der Waals surface area (Å²) in [6.45, 7) is 6.60. The van der Waals surface area contributed by atoms with Crippen molar-refractivity contribution in [3.05, 3.63) is 35.5 Å². The van der Waals surface area contributed by atoms with Crippen molar-refractivity contribution in [2.45, 2.75) is 26.7 Å². The van der Waals surface area contributed by atoms with Gasteiger partial charge < -0.3 is 4.98 Å². The van der Waals surface area contributed by atoms with E-state index in [9.17, 15) is 0 Å². The van der Waals surface area contributed by atoms with Gasteiger partial charge in [-0.05, 0) is 24.0 Å². The quantitative estimate of drug-likeness (QED) is 0.678. The van der Waals surface area contributed by atoms with E-state index in [-0.39, 0.29) is 0 Å². The molecule has 0 saturated carbocycles. The van der Waals surface area contributed by atoms with Crippen molar-refractivity contribution in [1.82, 2.24) is 4.98 Å². The molecule has 1 heterocycles. The van der Waals surface area contributed by atoms with E-state index in [0.29, 0.717) is 5.92 Å². The summed E-state index contributed by atoms with van der Waals surface area (Å²) < 4.78 is 0. The molecule has 0 fully saturated rings. The van der Waals surface area contributed by atoms with Gasteiger partial charge in [0.05, 0.1) is 0 Å². The van der Waals surface area contributed by atoms with Gasteiger partial charge in [-0.25, -0.2) is 0 Å². The Morgan fingerprint density at radius 2 is 2.00 bits per heavy atom. The van der Waals surface area contributed by atoms with Crippen molar-refractivity contribution in [3.8, 4) is 0 Å². The second kappa shape index (κ2) is 2.91. The molecule has 0 aliphatic carbocycles. The van der Waals surface area contributed by atoms with Gasteiger partial charge in [0.2, 0.25) is 0 Å². The summed E-state index contributed by atoms with van der Waals surface area (Å²) >= 11 is 0. The predicted molar refractivity (Wildman–Crippen MR) is 57.1 cm³/mol. The Morgan fingerprint density at radius 3 is 2.69 bits per heavy atom. The van der Waals surface area contributed by atoms with E-state index in [0.717, 1.165) is 0 Å². The summed E-state index contributed by atoms with van der Waals surface area (Å²) in [6.07, 6.45) is 2.13. The first-order valence-electron chi connectivity index (χ1n) is 4.76. The number of nitrogens with one attached hydrogen (secondary N) is 1. The maximum atomic E-state index is 3.34. The van der Waals surface area contributed by atoms with Gasteiger partial charge in [-0.2, -0.15) is 0 Å². The SMILES string of the molecule is Cc1cccc2c(C(C)C)c[nH]c12. The molecular formula is C12H15N. The highest BCUT2D eigenvalue weighted by Gasteiger charge is 2.07. The third-order valence-electron chi connectivity index (χ3n) is 2.58. The van der Waals surface area contributed by atoms with Crippen LogP contribution in [0.15, 0.2) is 24.4 Å². The molecule has 0 amide bonds. The average molecular weight is 173 g/mol. The van der Waals surface area contributed by atoms with Gasteiger partial charge in [0.15, 0.2) is 0 Å². The Morgan fingerprint density at radius 1 is 1.23 bits per heavy atom. The van der Waals surface area contributed by atoms with E-state index in [1.54, 1.807) is 0 Å². The monoisotopic (exact) mass is 173 g/mol. The van der Waals surface area contributed by atoms with Crippen molar-refractivity contribution in [3.63, 3.8) is 0 Å². The van der Waals surface area contributed by atoms with Gasteiger partial charge >= 0.3 is 0 Å². The van der Waals surface area contributed by atoms with E-state index < -0.39 is 0 Å². The molecule has 0 aliphatic heterocycles. The minimum atomic E-state index is 0.593. The van der Waals surface area contributed by atoms with Crippen molar-refractivity contribution in [1.29, 1.82) is 0 Å². The normalized spacial score (nSPS) is 11.4. The Bertz CT molecular complexity index is 424. The molecule has 0 saturated heterocycles. The number of aromatic nitrogens is 1. The van der Waals surface area contributed by atoms with Crippen LogP contribution in [0.1, 0.15) is 30.9 Å². The molecule has 2 aromatic rings. The topological polar surface area (TPSA) is 15.8 Å². The van der Waals surface area contributed by atoms with Crippen LogP contribution < -0.4 is 0 Å². The van der Waals surface area contributed by atoms with Crippen LogP contribution in [0.25, 0.3) is 10.9 Å². The highest BCUT2D eigenvalue weighted by atomic mass is 14.7. The molecule has 0 aliphatic rings. The van der Waals surface area contributed by atoms with Crippen molar-refractivity contribution in [2.75, 3.05) is 0 Å². The molecule has 13 heavy (non-hydrogen) atoms. The van der Waals surface area contributed by atoms with Gasteiger partial charge in [0, 0.05) is 17.1 Å². The van der Waals surface area contributed by atoms with E-state index in [1.165, 1.54) is 22.0 Å². The third kappa shape index (κ3) is 1.24. The van der Waals surface area contributed by atoms with E-state index in [2.05, 4.69) is 50.2 Å². The zero-order valence-corrected chi connectivity index (χ0v) is 8.39. The second-order valence-electron chi connectivity index (χ2n) is 3.90. The molecule has 1 aromatic carbocycles. The van der Waals surface area contributed by atoms with E-state index in [4.69, 9.17) is 0 Å². The predicted octanol–water partition coefficient (Wildman–Crippen LogP) is 3.60. The van der Waals surface area contributed by atoms with Gasteiger partial charge in [-0.15, -0.1) is 0 Å². The summed E-state index contributed by atoms with van der Waals surface area (Å²) in [6, 6.07) is 6.45. The summed E-state index contributed by atoms with van der Waals surface area (Å²) in [5, 5.41) is 1.37. The zero-order chi connectivity index (χ0) is 9.42. The lowest BCUT2D eigenvalue weighted by atomic mass is 10.0. The van der Waals surface area contributed by atoms with Crippen LogP contribution in [-0.4, -0.2) is 4.98 Å². The van der Waals surface area contributed by atoms with Crippen molar-refractivity contribution >= 4 is 10.9 Å².